The van der Waals surface area contributed by atoms with Crippen LogP contribution in [0.1, 0.15) is 38.2 Å². The molecule has 0 radical (unpaired) electrons. The third-order valence-corrected chi connectivity index (χ3v) is 4.85. The number of benzene rings is 1. The molecule has 0 bridgehead atoms. The molecule has 9 nitrogen and oxygen atoms in total. The number of amides is 1. The largest absolute Gasteiger partial charge is 0.352 e. The van der Waals surface area contributed by atoms with Gasteiger partial charge in [-0.2, -0.15) is 4.98 Å². The Morgan fingerprint density at radius 3 is 2.60 bits per heavy atom. The van der Waals surface area contributed by atoms with Gasteiger partial charge in [-0.25, -0.2) is 9.79 Å². The number of carbonyl (C=O) groups excluding carboxylic acids is 1. The van der Waals surface area contributed by atoms with Gasteiger partial charge in [-0.3, -0.25) is 18.7 Å². The fourth-order valence-corrected chi connectivity index (χ4v) is 3.23. The Hall–Kier alpha value is -3.49. The first kappa shape index (κ1) is 21.2. The molecule has 1 aromatic carbocycles. The summed E-state index contributed by atoms with van der Waals surface area (Å²) in [5.41, 5.74) is 0.638. The molecule has 1 amide bonds. The Kier molecular flexibility index (Phi) is 6.95. The maximum atomic E-state index is 12.9. The minimum atomic E-state index is -0.463. The lowest BCUT2D eigenvalue weighted by molar-refractivity contribution is -0.121. The van der Waals surface area contributed by atoms with E-state index in [1.54, 1.807) is 0 Å². The number of unbranched alkanes of at least 4 members (excludes halogenated alkanes) is 1. The van der Waals surface area contributed by atoms with Crippen molar-refractivity contribution in [3.63, 3.8) is 0 Å². The summed E-state index contributed by atoms with van der Waals surface area (Å²) in [6.45, 7) is 6.48. The standard InChI is InChI=1S/C21H26N6O3/c1-3-4-12-26-18-17(24-20(22-2)25-18)19(29)27(21(26)30)13-8-11-16(28)23-14-15-9-6-5-7-10-15/h5-7,9-10H,2-4,8,11-14H2,1H3,(H,23,28)(H,24,25). The molecule has 0 aliphatic rings. The average Bonchev–Trinajstić information content (AvgIpc) is 3.20. The van der Waals surface area contributed by atoms with Crippen LogP contribution in [0.5, 0.6) is 0 Å². The van der Waals surface area contributed by atoms with E-state index in [-0.39, 0.29) is 36.0 Å². The van der Waals surface area contributed by atoms with E-state index in [0.717, 1.165) is 23.0 Å². The van der Waals surface area contributed by atoms with Gasteiger partial charge in [0.2, 0.25) is 11.9 Å². The van der Waals surface area contributed by atoms with E-state index in [4.69, 9.17) is 0 Å². The molecule has 0 spiro atoms. The fraction of sp³-hybridized carbons (Fsp3) is 0.381. The van der Waals surface area contributed by atoms with Crippen LogP contribution in [-0.4, -0.2) is 31.7 Å². The summed E-state index contributed by atoms with van der Waals surface area (Å²) in [5.74, 6) is 0.0729. The number of H-pyrrole nitrogens is 1. The number of nitrogens with one attached hydrogen (secondary N) is 2. The van der Waals surface area contributed by atoms with E-state index in [9.17, 15) is 14.4 Å². The van der Waals surface area contributed by atoms with Crippen LogP contribution in [0.15, 0.2) is 44.9 Å². The average molecular weight is 410 g/mol. The summed E-state index contributed by atoms with van der Waals surface area (Å²) in [7, 11) is 0. The van der Waals surface area contributed by atoms with Crippen molar-refractivity contribution in [3.8, 4) is 0 Å². The number of aromatic amines is 1. The number of aliphatic imine (C=N–C) groups is 1. The van der Waals surface area contributed by atoms with Crippen LogP contribution in [-0.2, 0) is 24.4 Å². The lowest BCUT2D eigenvalue weighted by Crippen LogP contribution is -2.40. The number of carbonyl (C=O) groups is 1. The molecule has 0 saturated heterocycles. The normalized spacial score (nSPS) is 11.0. The van der Waals surface area contributed by atoms with Crippen molar-refractivity contribution in [2.24, 2.45) is 4.99 Å². The first-order chi connectivity index (χ1) is 14.5. The Morgan fingerprint density at radius 1 is 1.17 bits per heavy atom. The van der Waals surface area contributed by atoms with Crippen LogP contribution >= 0.6 is 0 Å². The Bertz CT molecular complexity index is 1140. The molecule has 9 heteroatoms. The van der Waals surface area contributed by atoms with Crippen LogP contribution < -0.4 is 16.6 Å². The first-order valence-electron chi connectivity index (χ1n) is 10.1. The highest BCUT2D eigenvalue weighted by molar-refractivity contribution is 5.75. The van der Waals surface area contributed by atoms with Crippen LogP contribution in [0.3, 0.4) is 0 Å². The maximum Gasteiger partial charge on any atom is 0.332 e. The van der Waals surface area contributed by atoms with Gasteiger partial charge >= 0.3 is 5.69 Å². The van der Waals surface area contributed by atoms with Gasteiger partial charge in [-0.15, -0.1) is 0 Å². The number of fused-ring (bicyclic) bond motifs is 1. The van der Waals surface area contributed by atoms with Crippen molar-refractivity contribution in [1.29, 1.82) is 0 Å². The van der Waals surface area contributed by atoms with Gasteiger partial charge in [0.1, 0.15) is 0 Å². The second kappa shape index (κ2) is 9.82. The van der Waals surface area contributed by atoms with Gasteiger partial charge in [-0.1, -0.05) is 43.7 Å². The molecule has 2 N–H and O–H groups in total. The summed E-state index contributed by atoms with van der Waals surface area (Å²) in [6.07, 6.45) is 2.26. The quantitative estimate of drug-likeness (QED) is 0.498. The van der Waals surface area contributed by atoms with Crippen LogP contribution in [0, 0.1) is 0 Å². The lowest BCUT2D eigenvalue weighted by atomic mass is 10.2. The molecule has 0 saturated carbocycles. The zero-order valence-electron chi connectivity index (χ0n) is 17.1. The topological polar surface area (TPSA) is 114 Å². The predicted molar refractivity (Wildman–Crippen MR) is 116 cm³/mol. The summed E-state index contributed by atoms with van der Waals surface area (Å²) < 4.78 is 2.65. The van der Waals surface area contributed by atoms with Gasteiger partial charge in [0, 0.05) is 26.1 Å². The van der Waals surface area contributed by atoms with Gasteiger partial charge in [0.05, 0.1) is 0 Å². The van der Waals surface area contributed by atoms with E-state index in [1.165, 1.54) is 4.57 Å². The predicted octanol–water partition coefficient (Wildman–Crippen LogP) is 2.12. The number of nitrogens with zero attached hydrogens (tertiary/aromatic N) is 4. The minimum Gasteiger partial charge on any atom is -0.352 e. The highest BCUT2D eigenvalue weighted by Gasteiger charge is 2.17. The summed E-state index contributed by atoms with van der Waals surface area (Å²) >= 11 is 0. The molecule has 158 valence electrons. The van der Waals surface area contributed by atoms with Crippen LogP contribution in [0.25, 0.3) is 11.2 Å². The van der Waals surface area contributed by atoms with E-state index >= 15 is 0 Å². The number of hydrogen-bond donors (Lipinski definition) is 2. The van der Waals surface area contributed by atoms with Crippen molar-refractivity contribution < 1.29 is 4.79 Å². The SMILES string of the molecule is C=Nc1nc2c([nH]1)c(=O)n(CCCC(=O)NCc1ccccc1)c(=O)n2CCCC. The van der Waals surface area contributed by atoms with Gasteiger partial charge in [0.25, 0.3) is 5.56 Å². The number of imidazole rings is 1. The van der Waals surface area contributed by atoms with Gasteiger partial charge in [-0.05, 0) is 25.1 Å². The molecule has 0 unspecified atom stereocenters. The fourth-order valence-electron chi connectivity index (χ4n) is 3.23. The second-order valence-electron chi connectivity index (χ2n) is 7.03. The first-order valence-corrected chi connectivity index (χ1v) is 10.1. The summed E-state index contributed by atoms with van der Waals surface area (Å²) in [4.78, 5) is 48.6. The molecule has 3 rings (SSSR count). The number of aryl methyl sites for hydroxylation is 1. The molecule has 0 aliphatic heterocycles. The van der Waals surface area contributed by atoms with Crippen molar-refractivity contribution >= 4 is 29.7 Å². The van der Waals surface area contributed by atoms with Crippen LogP contribution in [0.4, 0.5) is 5.95 Å². The highest BCUT2D eigenvalue weighted by Crippen LogP contribution is 2.12. The number of rotatable bonds is 10. The zero-order chi connectivity index (χ0) is 21.5. The Morgan fingerprint density at radius 2 is 1.90 bits per heavy atom. The lowest BCUT2D eigenvalue weighted by Gasteiger charge is -2.11. The third kappa shape index (κ3) is 4.73. The molecule has 2 heterocycles. The van der Waals surface area contributed by atoms with Crippen LogP contribution in [0.2, 0.25) is 0 Å². The van der Waals surface area contributed by atoms with E-state index in [2.05, 4.69) is 27.0 Å². The Balaban J connectivity index is 1.73. The van der Waals surface area contributed by atoms with Crippen molar-refractivity contribution in [1.82, 2.24) is 24.4 Å². The number of aromatic nitrogens is 4. The molecular weight excluding hydrogens is 384 g/mol. The maximum absolute atomic E-state index is 12.9. The van der Waals surface area contributed by atoms with E-state index < -0.39 is 11.2 Å². The monoisotopic (exact) mass is 410 g/mol. The van der Waals surface area contributed by atoms with Crippen molar-refractivity contribution in [2.75, 3.05) is 0 Å². The van der Waals surface area contributed by atoms with Crippen molar-refractivity contribution in [2.45, 2.75) is 52.2 Å². The minimum absolute atomic E-state index is 0.126. The van der Waals surface area contributed by atoms with Gasteiger partial charge in [0.15, 0.2) is 11.2 Å². The molecule has 2 aromatic heterocycles. The number of hydrogen-bond acceptors (Lipinski definition) is 5. The van der Waals surface area contributed by atoms with E-state index in [0.29, 0.717) is 19.5 Å². The highest BCUT2D eigenvalue weighted by atomic mass is 16.2. The molecular formula is C21H26N6O3. The molecule has 0 fully saturated rings. The molecule has 30 heavy (non-hydrogen) atoms. The summed E-state index contributed by atoms with van der Waals surface area (Å²) in [5, 5.41) is 2.85. The molecule has 3 aromatic rings. The second-order valence-corrected chi connectivity index (χ2v) is 7.03. The zero-order valence-corrected chi connectivity index (χ0v) is 17.1. The molecule has 0 atom stereocenters. The smallest absolute Gasteiger partial charge is 0.332 e. The van der Waals surface area contributed by atoms with Gasteiger partial charge < -0.3 is 10.3 Å². The third-order valence-electron chi connectivity index (χ3n) is 4.85. The van der Waals surface area contributed by atoms with E-state index in [1.807, 2.05) is 37.3 Å². The summed E-state index contributed by atoms with van der Waals surface area (Å²) in [6, 6.07) is 9.61. The molecule has 0 aliphatic carbocycles. The van der Waals surface area contributed by atoms with Crippen molar-refractivity contribution in [3.05, 3.63) is 56.7 Å². The Labute approximate surface area is 173 Å².